The fraction of sp³-hybridized carbons (Fsp3) is 0.325. The van der Waals surface area contributed by atoms with Crippen molar-refractivity contribution in [3.63, 3.8) is 0 Å². The number of hydrogen-bond acceptors (Lipinski definition) is 4. The summed E-state index contributed by atoms with van der Waals surface area (Å²) in [5.74, 6) is -0.0982. The molecule has 2 amide bonds. The number of anilines is 2. The van der Waals surface area contributed by atoms with E-state index in [4.69, 9.17) is 0 Å². The highest BCUT2D eigenvalue weighted by Crippen LogP contribution is 2.37. The Kier molecular flexibility index (Phi) is 11.9. The van der Waals surface area contributed by atoms with E-state index in [9.17, 15) is 19.5 Å². The van der Waals surface area contributed by atoms with Crippen molar-refractivity contribution in [1.29, 1.82) is 0 Å². The molecule has 4 aromatic carbocycles. The first kappa shape index (κ1) is 33.6. The fourth-order valence-electron chi connectivity index (χ4n) is 6.69. The van der Waals surface area contributed by atoms with Crippen LogP contribution in [0, 0.1) is 0 Å². The number of amides is 2. The first-order chi connectivity index (χ1) is 22.9. The molecule has 1 fully saturated rings. The molecule has 0 aliphatic heterocycles. The number of carbonyl (C=O) groups is 3. The second-order valence-corrected chi connectivity index (χ2v) is 12.5. The van der Waals surface area contributed by atoms with Crippen molar-refractivity contribution in [2.24, 2.45) is 0 Å². The molecule has 0 bridgehead atoms. The lowest BCUT2D eigenvalue weighted by Gasteiger charge is -2.39. The summed E-state index contributed by atoms with van der Waals surface area (Å²) in [6.07, 6.45) is 7.15. The van der Waals surface area contributed by atoms with Crippen LogP contribution in [0.4, 0.5) is 16.2 Å². The van der Waals surface area contributed by atoms with Crippen LogP contribution in [-0.4, -0.2) is 54.0 Å². The summed E-state index contributed by atoms with van der Waals surface area (Å²) in [5.41, 5.74) is 6.16. The highest BCUT2D eigenvalue weighted by atomic mass is 16.4. The van der Waals surface area contributed by atoms with Gasteiger partial charge in [-0.25, -0.2) is 4.79 Å². The van der Waals surface area contributed by atoms with Crippen molar-refractivity contribution in [3.8, 4) is 11.1 Å². The van der Waals surface area contributed by atoms with Crippen molar-refractivity contribution >= 4 is 29.7 Å². The maximum atomic E-state index is 12.9. The van der Waals surface area contributed by atoms with Gasteiger partial charge in [0.1, 0.15) is 6.29 Å². The number of carbonyl (C=O) groups excluding carboxylic acids is 2. The van der Waals surface area contributed by atoms with E-state index < -0.39 is 6.09 Å². The molecule has 1 aliphatic rings. The number of aldehydes is 1. The van der Waals surface area contributed by atoms with Gasteiger partial charge in [-0.05, 0) is 112 Å². The molecule has 0 saturated heterocycles. The van der Waals surface area contributed by atoms with Gasteiger partial charge in [0.25, 0.3) is 0 Å². The molecule has 7 nitrogen and oxygen atoms in total. The van der Waals surface area contributed by atoms with Crippen LogP contribution in [0.2, 0.25) is 0 Å². The van der Waals surface area contributed by atoms with E-state index in [-0.39, 0.29) is 11.9 Å². The van der Waals surface area contributed by atoms with E-state index in [0.29, 0.717) is 42.2 Å². The predicted octanol–water partition coefficient (Wildman–Crippen LogP) is 8.49. The molecule has 0 spiro atoms. The summed E-state index contributed by atoms with van der Waals surface area (Å²) in [7, 11) is 2.20. The Balaban J connectivity index is 1.23. The maximum absolute atomic E-state index is 12.9. The molecule has 0 heterocycles. The van der Waals surface area contributed by atoms with Crippen molar-refractivity contribution < 1.29 is 19.5 Å². The highest BCUT2D eigenvalue weighted by Gasteiger charge is 2.32. The lowest BCUT2D eigenvalue weighted by atomic mass is 9.88. The molecular weight excluding hydrogens is 586 g/mol. The second kappa shape index (κ2) is 16.7. The van der Waals surface area contributed by atoms with Gasteiger partial charge in [0, 0.05) is 35.3 Å². The number of rotatable bonds is 14. The molecule has 4 aromatic rings. The second-order valence-electron chi connectivity index (χ2n) is 12.5. The zero-order valence-electron chi connectivity index (χ0n) is 27.2. The van der Waals surface area contributed by atoms with Gasteiger partial charge in [0.15, 0.2) is 0 Å². The van der Waals surface area contributed by atoms with E-state index >= 15 is 0 Å². The fourth-order valence-corrected chi connectivity index (χ4v) is 6.69. The standard InChI is InChI=1S/C40H45N3O4/c1-42(27-9-13-30-10-4-2-5-11-30)35-22-24-36(25-23-35)43(40(46)47)38-28-31(19-26-37(38)33-14-6-3-7-15-33)12-8-16-39(45)41-34-20-17-32(29-44)18-21-34/h2-7,10-11,14-15,17-21,26,28-29,35-36H,8-9,12-13,16,22-25,27H2,1H3,(H,41,45)(H,46,47)/t35-,36-. The summed E-state index contributed by atoms with van der Waals surface area (Å²) in [5, 5.41) is 13.5. The Bertz CT molecular complexity index is 1600. The summed E-state index contributed by atoms with van der Waals surface area (Å²) in [6.45, 7) is 1.03. The number of nitrogens with one attached hydrogen (secondary N) is 1. The molecule has 0 aromatic heterocycles. The molecule has 7 heteroatoms. The normalized spacial score (nSPS) is 16.0. The largest absolute Gasteiger partial charge is 0.465 e. The van der Waals surface area contributed by atoms with Crippen LogP contribution in [0.15, 0.2) is 103 Å². The van der Waals surface area contributed by atoms with Gasteiger partial charge in [0.05, 0.1) is 5.69 Å². The molecule has 244 valence electrons. The van der Waals surface area contributed by atoms with Crippen LogP contribution in [-0.2, 0) is 17.6 Å². The first-order valence-electron chi connectivity index (χ1n) is 16.7. The SMILES string of the molecule is CN(CCCc1ccccc1)[C@H]1CC[C@H](N(C(=O)O)c2cc(CCCC(=O)Nc3ccc(C=O)cc3)ccc2-c2ccccc2)CC1. The predicted molar refractivity (Wildman–Crippen MR) is 189 cm³/mol. The Morgan fingerprint density at radius 3 is 2.09 bits per heavy atom. The summed E-state index contributed by atoms with van der Waals surface area (Å²) in [4.78, 5) is 40.5. The summed E-state index contributed by atoms with van der Waals surface area (Å²) in [6, 6.07) is 33.7. The van der Waals surface area contributed by atoms with Gasteiger partial charge in [-0.15, -0.1) is 0 Å². The van der Waals surface area contributed by atoms with E-state index in [1.807, 2.05) is 48.5 Å². The van der Waals surface area contributed by atoms with E-state index in [2.05, 4.69) is 47.6 Å². The quantitative estimate of drug-likeness (QED) is 0.136. The monoisotopic (exact) mass is 631 g/mol. The van der Waals surface area contributed by atoms with Gasteiger partial charge < -0.3 is 15.3 Å². The Morgan fingerprint density at radius 2 is 1.43 bits per heavy atom. The van der Waals surface area contributed by atoms with Crippen LogP contribution in [0.5, 0.6) is 0 Å². The lowest BCUT2D eigenvalue weighted by Crippen LogP contribution is -2.45. The number of benzene rings is 4. The number of nitrogens with zero attached hydrogens (tertiary/aromatic N) is 2. The summed E-state index contributed by atoms with van der Waals surface area (Å²) < 4.78 is 0. The maximum Gasteiger partial charge on any atom is 0.412 e. The van der Waals surface area contributed by atoms with Crippen molar-refractivity contribution in [3.05, 3.63) is 120 Å². The topological polar surface area (TPSA) is 89.9 Å². The Hall–Kier alpha value is -4.75. The Labute approximate surface area is 278 Å². The lowest BCUT2D eigenvalue weighted by molar-refractivity contribution is -0.116. The minimum Gasteiger partial charge on any atom is -0.465 e. The van der Waals surface area contributed by atoms with Crippen LogP contribution < -0.4 is 10.2 Å². The molecule has 2 N–H and O–H groups in total. The van der Waals surface area contributed by atoms with Crippen molar-refractivity contribution in [2.45, 2.75) is 69.9 Å². The van der Waals surface area contributed by atoms with Crippen LogP contribution in [0.25, 0.3) is 11.1 Å². The number of carboxylic acid groups (broad SMARTS) is 1. The average molecular weight is 632 g/mol. The van der Waals surface area contributed by atoms with Crippen LogP contribution in [0.3, 0.4) is 0 Å². The highest BCUT2D eigenvalue weighted by molar-refractivity contribution is 5.94. The van der Waals surface area contributed by atoms with Gasteiger partial charge >= 0.3 is 6.09 Å². The molecule has 0 unspecified atom stereocenters. The number of aryl methyl sites for hydroxylation is 2. The molecule has 47 heavy (non-hydrogen) atoms. The summed E-state index contributed by atoms with van der Waals surface area (Å²) >= 11 is 0. The van der Waals surface area contributed by atoms with Crippen molar-refractivity contribution in [1.82, 2.24) is 4.90 Å². The molecular formula is C40H45N3O4. The minimum absolute atomic E-state index is 0.0982. The van der Waals surface area contributed by atoms with Crippen LogP contribution in [0.1, 0.15) is 66.4 Å². The molecule has 0 atom stereocenters. The third-order valence-corrected chi connectivity index (χ3v) is 9.29. The zero-order chi connectivity index (χ0) is 33.0. The van der Waals surface area contributed by atoms with Gasteiger partial charge in [-0.1, -0.05) is 72.8 Å². The smallest absolute Gasteiger partial charge is 0.412 e. The Morgan fingerprint density at radius 1 is 0.787 bits per heavy atom. The third-order valence-electron chi connectivity index (χ3n) is 9.29. The average Bonchev–Trinajstić information content (AvgIpc) is 3.10. The minimum atomic E-state index is -0.932. The van der Waals surface area contributed by atoms with E-state index in [0.717, 1.165) is 68.0 Å². The molecule has 0 radical (unpaired) electrons. The van der Waals surface area contributed by atoms with Gasteiger partial charge in [-0.3, -0.25) is 14.5 Å². The van der Waals surface area contributed by atoms with E-state index in [1.54, 1.807) is 29.2 Å². The van der Waals surface area contributed by atoms with Crippen molar-refractivity contribution in [2.75, 3.05) is 23.8 Å². The van der Waals surface area contributed by atoms with Gasteiger partial charge in [-0.2, -0.15) is 0 Å². The molecule has 1 saturated carbocycles. The van der Waals surface area contributed by atoms with Gasteiger partial charge in [0.2, 0.25) is 5.91 Å². The third kappa shape index (κ3) is 9.39. The number of hydrogen-bond donors (Lipinski definition) is 2. The molecule has 5 rings (SSSR count). The van der Waals surface area contributed by atoms with E-state index in [1.165, 1.54) is 5.56 Å². The molecule has 1 aliphatic carbocycles. The van der Waals surface area contributed by atoms with Crippen LogP contribution >= 0.6 is 0 Å². The first-order valence-corrected chi connectivity index (χ1v) is 16.7. The zero-order valence-corrected chi connectivity index (χ0v) is 27.2.